The summed E-state index contributed by atoms with van der Waals surface area (Å²) in [6.07, 6.45) is 1.32. The summed E-state index contributed by atoms with van der Waals surface area (Å²) in [4.78, 5) is 21.3. The van der Waals surface area contributed by atoms with Crippen molar-refractivity contribution in [1.82, 2.24) is 19.5 Å². The second kappa shape index (κ2) is 3.91. The van der Waals surface area contributed by atoms with Gasteiger partial charge in [0.05, 0.1) is 0 Å². The largest absolute Gasteiger partial charge is 0.382 e. The quantitative estimate of drug-likeness (QED) is 0.631. The number of nitrogens with two attached hydrogens (primary N) is 1. The monoisotopic (exact) mass is 195 g/mol. The summed E-state index contributed by atoms with van der Waals surface area (Å²) in [5.41, 5.74) is 6.28. The van der Waals surface area contributed by atoms with Crippen molar-refractivity contribution in [2.24, 2.45) is 7.05 Å². The Morgan fingerprint density at radius 1 is 1.43 bits per heavy atom. The third kappa shape index (κ3) is 1.46. The van der Waals surface area contributed by atoms with Crippen LogP contribution < -0.4 is 11.4 Å². The summed E-state index contributed by atoms with van der Waals surface area (Å²) < 4.78 is 1.38. The van der Waals surface area contributed by atoms with Gasteiger partial charge in [0.25, 0.3) is 0 Å². The van der Waals surface area contributed by atoms with Crippen LogP contribution in [0.2, 0.25) is 0 Å². The number of hydrogen-bond donors (Lipinski definition) is 2. The first-order valence-corrected chi connectivity index (χ1v) is 4.35. The van der Waals surface area contributed by atoms with E-state index >= 15 is 0 Å². The van der Waals surface area contributed by atoms with Gasteiger partial charge in [-0.15, -0.1) is 0 Å². The number of aromatic nitrogens is 4. The molecule has 0 aliphatic heterocycles. The van der Waals surface area contributed by atoms with Crippen molar-refractivity contribution in [3.63, 3.8) is 0 Å². The van der Waals surface area contributed by atoms with Crippen molar-refractivity contribution in [3.8, 4) is 0 Å². The Morgan fingerprint density at radius 2 is 2.07 bits per heavy atom. The highest BCUT2D eigenvalue weighted by Crippen LogP contribution is 2.09. The number of aryl methyl sites for hydroxylation is 1. The highest BCUT2D eigenvalue weighted by atomic mass is 16.1. The number of H-pyrrole nitrogens is 1. The van der Waals surface area contributed by atoms with Gasteiger partial charge in [-0.05, 0) is 0 Å². The number of aromatic amines is 1. The number of anilines is 1. The molecule has 0 fully saturated rings. The molecule has 2 aromatic heterocycles. The average Bonchev–Trinajstić information content (AvgIpc) is 2.50. The second-order valence-corrected chi connectivity index (χ2v) is 2.45. The number of hydrogen-bond acceptors (Lipinski definition) is 4. The van der Waals surface area contributed by atoms with Gasteiger partial charge in [0.15, 0.2) is 11.5 Å². The van der Waals surface area contributed by atoms with Crippen LogP contribution in [0.5, 0.6) is 0 Å². The second-order valence-electron chi connectivity index (χ2n) is 2.45. The number of fused-ring (bicyclic) bond motifs is 1. The predicted molar refractivity (Wildman–Crippen MR) is 54.9 cm³/mol. The van der Waals surface area contributed by atoms with Crippen LogP contribution in [0.4, 0.5) is 5.82 Å². The van der Waals surface area contributed by atoms with Crippen molar-refractivity contribution in [2.75, 3.05) is 5.73 Å². The Bertz CT molecular complexity index is 484. The topological polar surface area (TPSA) is 89.6 Å². The number of imidazole rings is 1. The third-order valence-corrected chi connectivity index (χ3v) is 1.71. The molecule has 0 saturated heterocycles. The van der Waals surface area contributed by atoms with Crippen LogP contribution in [0, 0.1) is 0 Å². The summed E-state index contributed by atoms with van der Waals surface area (Å²) in [5, 5.41) is 0. The van der Waals surface area contributed by atoms with Gasteiger partial charge in [-0.1, -0.05) is 13.8 Å². The Labute approximate surface area is 80.8 Å². The maximum atomic E-state index is 11.1. The SMILES string of the molecule is CC.Cn1c(=O)[nH]c2c(N)ncnc21. The predicted octanol–water partition coefficient (Wildman–Crippen LogP) is 0.265. The molecule has 6 nitrogen and oxygen atoms in total. The highest BCUT2D eigenvalue weighted by Gasteiger charge is 2.06. The smallest absolute Gasteiger partial charge is 0.327 e. The van der Waals surface area contributed by atoms with E-state index in [2.05, 4.69) is 15.0 Å². The third-order valence-electron chi connectivity index (χ3n) is 1.71. The number of nitrogen functional groups attached to an aromatic ring is 1. The lowest BCUT2D eigenvalue weighted by Gasteiger charge is -1.92. The summed E-state index contributed by atoms with van der Waals surface area (Å²) in [5.74, 6) is 0.290. The first kappa shape index (κ1) is 10.2. The summed E-state index contributed by atoms with van der Waals surface area (Å²) >= 11 is 0. The van der Waals surface area contributed by atoms with Gasteiger partial charge in [-0.3, -0.25) is 4.57 Å². The number of nitrogens with zero attached hydrogens (tertiary/aromatic N) is 3. The van der Waals surface area contributed by atoms with E-state index in [-0.39, 0.29) is 11.5 Å². The highest BCUT2D eigenvalue weighted by molar-refractivity contribution is 5.80. The molecule has 0 spiro atoms. The van der Waals surface area contributed by atoms with E-state index in [1.54, 1.807) is 7.05 Å². The van der Waals surface area contributed by atoms with E-state index in [0.717, 1.165) is 0 Å². The van der Waals surface area contributed by atoms with Crippen molar-refractivity contribution in [3.05, 3.63) is 16.8 Å². The lowest BCUT2D eigenvalue weighted by atomic mass is 10.5. The molecule has 76 valence electrons. The van der Waals surface area contributed by atoms with Crippen LogP contribution in [-0.2, 0) is 7.05 Å². The summed E-state index contributed by atoms with van der Waals surface area (Å²) in [7, 11) is 1.62. The normalized spacial score (nSPS) is 9.64. The molecule has 0 aliphatic rings. The summed E-state index contributed by atoms with van der Waals surface area (Å²) in [6, 6.07) is 0. The average molecular weight is 195 g/mol. The molecule has 0 saturated carbocycles. The van der Waals surface area contributed by atoms with Crippen molar-refractivity contribution in [1.29, 1.82) is 0 Å². The standard InChI is InChI=1S/C6H7N5O.C2H6/c1-11-5-3(10-6(11)12)4(7)8-2-9-5;1-2/h2H,1H3,(H,10,12)(H2,7,8,9);1-2H3. The number of nitrogens with one attached hydrogen (secondary N) is 1. The minimum Gasteiger partial charge on any atom is -0.382 e. The van der Waals surface area contributed by atoms with Crippen LogP contribution >= 0.6 is 0 Å². The van der Waals surface area contributed by atoms with E-state index in [0.29, 0.717) is 11.2 Å². The van der Waals surface area contributed by atoms with Gasteiger partial charge in [-0.25, -0.2) is 14.8 Å². The Balaban J connectivity index is 0.000000461. The lowest BCUT2D eigenvalue weighted by molar-refractivity contribution is 0.877. The zero-order chi connectivity index (χ0) is 10.7. The molecular weight excluding hydrogens is 182 g/mol. The van der Waals surface area contributed by atoms with E-state index in [1.165, 1.54) is 10.9 Å². The molecule has 6 heteroatoms. The van der Waals surface area contributed by atoms with Crippen LogP contribution in [0.25, 0.3) is 11.2 Å². The van der Waals surface area contributed by atoms with Crippen LogP contribution in [-0.4, -0.2) is 19.5 Å². The van der Waals surface area contributed by atoms with Crippen molar-refractivity contribution >= 4 is 17.0 Å². The van der Waals surface area contributed by atoms with Gasteiger partial charge in [0, 0.05) is 7.05 Å². The molecule has 3 N–H and O–H groups in total. The Morgan fingerprint density at radius 3 is 2.64 bits per heavy atom. The van der Waals surface area contributed by atoms with Crippen molar-refractivity contribution < 1.29 is 0 Å². The van der Waals surface area contributed by atoms with E-state index in [4.69, 9.17) is 5.73 Å². The number of rotatable bonds is 0. The molecule has 2 heterocycles. The molecule has 2 rings (SSSR count). The molecule has 14 heavy (non-hydrogen) atoms. The maximum absolute atomic E-state index is 11.1. The van der Waals surface area contributed by atoms with Gasteiger partial charge >= 0.3 is 5.69 Å². The van der Waals surface area contributed by atoms with E-state index in [9.17, 15) is 4.79 Å². The molecule has 0 amide bonds. The summed E-state index contributed by atoms with van der Waals surface area (Å²) in [6.45, 7) is 4.00. The van der Waals surface area contributed by atoms with Gasteiger partial charge in [0.2, 0.25) is 0 Å². The molecule has 0 atom stereocenters. The minimum absolute atomic E-state index is 0.239. The zero-order valence-electron chi connectivity index (χ0n) is 8.40. The first-order chi connectivity index (χ1) is 6.70. The van der Waals surface area contributed by atoms with Gasteiger partial charge in [-0.2, -0.15) is 0 Å². The Kier molecular flexibility index (Phi) is 2.85. The molecule has 0 unspecified atom stereocenters. The molecular formula is C8H13N5O. The van der Waals surface area contributed by atoms with Crippen molar-refractivity contribution in [2.45, 2.75) is 13.8 Å². The molecule has 2 aromatic rings. The van der Waals surface area contributed by atoms with Crippen LogP contribution in [0.3, 0.4) is 0 Å². The fraction of sp³-hybridized carbons (Fsp3) is 0.375. The molecule has 0 aliphatic carbocycles. The zero-order valence-corrected chi connectivity index (χ0v) is 8.40. The van der Waals surface area contributed by atoms with E-state index in [1.807, 2.05) is 13.8 Å². The van der Waals surface area contributed by atoms with Crippen LogP contribution in [0.1, 0.15) is 13.8 Å². The van der Waals surface area contributed by atoms with Crippen LogP contribution in [0.15, 0.2) is 11.1 Å². The fourth-order valence-corrected chi connectivity index (χ4v) is 1.05. The van der Waals surface area contributed by atoms with Gasteiger partial charge < -0.3 is 10.7 Å². The Hall–Kier alpha value is -1.85. The molecule has 0 radical (unpaired) electrons. The maximum Gasteiger partial charge on any atom is 0.327 e. The molecule has 0 bridgehead atoms. The van der Waals surface area contributed by atoms with E-state index < -0.39 is 0 Å². The molecule has 0 aromatic carbocycles. The first-order valence-electron chi connectivity index (χ1n) is 4.35. The lowest BCUT2D eigenvalue weighted by Crippen LogP contribution is -2.12. The minimum atomic E-state index is -0.239. The fourth-order valence-electron chi connectivity index (χ4n) is 1.05. The van der Waals surface area contributed by atoms with Gasteiger partial charge in [0.1, 0.15) is 11.8 Å².